The van der Waals surface area contributed by atoms with E-state index < -0.39 is 0 Å². The maximum atomic E-state index is 7.72. The summed E-state index contributed by atoms with van der Waals surface area (Å²) in [5.41, 5.74) is 9.12. The maximum Gasteiger partial charge on any atom is 0.187 e. The number of ether oxygens (including phenoxy) is 1. The van der Waals surface area contributed by atoms with E-state index in [1.165, 1.54) is 11.1 Å². The molecule has 0 saturated carbocycles. The monoisotopic (exact) mass is 786 g/mol. The van der Waals surface area contributed by atoms with Gasteiger partial charge in [-0.15, -0.1) is 0 Å². The average Bonchev–Trinajstić information content (AvgIpc) is 3.93. The Morgan fingerprint density at radius 3 is 2.10 bits per heavy atom. The van der Waals surface area contributed by atoms with Gasteiger partial charge in [0.2, 0.25) is 0 Å². The van der Waals surface area contributed by atoms with Crippen molar-refractivity contribution >= 4 is 59.9 Å². The number of imidazole rings is 1. The van der Waals surface area contributed by atoms with Crippen LogP contribution in [0.5, 0.6) is 11.5 Å². The zero-order valence-corrected chi connectivity index (χ0v) is 33.8. The predicted octanol–water partition coefficient (Wildman–Crippen LogP) is 15.3. The molecule has 3 aromatic heterocycles. The fraction of sp³-hybridized carbons (Fsp3) is 0.0727. The fourth-order valence-electron chi connectivity index (χ4n) is 8.82. The Balaban J connectivity index is 1.16. The molecule has 0 bridgehead atoms. The average molecular weight is 787 g/mol. The van der Waals surface area contributed by atoms with E-state index in [1.807, 2.05) is 79.1 Å². The molecule has 11 rings (SSSR count). The molecule has 0 saturated heterocycles. The van der Waals surface area contributed by atoms with Crippen molar-refractivity contribution < 1.29 is 9.15 Å². The van der Waals surface area contributed by atoms with Gasteiger partial charge in [-0.3, -0.25) is 9.55 Å². The van der Waals surface area contributed by atoms with Gasteiger partial charge in [0.15, 0.2) is 5.69 Å². The topological polar surface area (TPSA) is 57.4 Å². The van der Waals surface area contributed by atoms with Crippen LogP contribution in [0.15, 0.2) is 181 Å². The number of fused-ring (bicyclic) bond motifs is 9. The molecule has 3 heterocycles. The number of nitrogens with zero attached hydrogens (tertiary/aromatic N) is 4. The normalized spacial score (nSPS) is 11.8. The number of hydrogen-bond acceptors (Lipinski definition) is 4. The summed E-state index contributed by atoms with van der Waals surface area (Å²) in [6.45, 7) is 14.5. The van der Waals surface area contributed by atoms with Gasteiger partial charge in [-0.2, -0.15) is 0 Å². The standard InChI is InChI=1S/C55H38N4O2/c1-55(2,3)49-28-35(34-13-6-5-7-14-34)20-23-51(49)59-26-25-58-54(59)48-31-39(60-38-16-12-15-36(27-38)50-19-10-11-24-57-50)30-47-46-32-44-41-18-9-8-17-40(41)43-29-37(56-4)21-22-42(43)45(44)33-52(46)61-53(47)48/h5-33H,1-3H3. The lowest BCUT2D eigenvalue weighted by atomic mass is 9.84. The molecule has 11 aromatic rings. The van der Waals surface area contributed by atoms with E-state index in [0.717, 1.165) is 88.2 Å². The molecule has 8 aromatic carbocycles. The smallest absolute Gasteiger partial charge is 0.187 e. The minimum Gasteiger partial charge on any atom is -0.457 e. The Morgan fingerprint density at radius 1 is 0.557 bits per heavy atom. The summed E-state index contributed by atoms with van der Waals surface area (Å²) in [6.07, 6.45) is 5.69. The molecule has 61 heavy (non-hydrogen) atoms. The van der Waals surface area contributed by atoms with Crippen LogP contribution in [0.1, 0.15) is 26.3 Å². The fourth-order valence-corrected chi connectivity index (χ4v) is 8.82. The van der Waals surface area contributed by atoms with Gasteiger partial charge in [0.05, 0.1) is 23.5 Å². The summed E-state index contributed by atoms with van der Waals surface area (Å²) < 4.78 is 16.0. The van der Waals surface area contributed by atoms with E-state index in [9.17, 15) is 0 Å². The van der Waals surface area contributed by atoms with Crippen LogP contribution < -0.4 is 4.74 Å². The van der Waals surface area contributed by atoms with Crippen LogP contribution in [0.4, 0.5) is 5.69 Å². The number of furan rings is 1. The first-order valence-corrected chi connectivity index (χ1v) is 20.4. The summed E-state index contributed by atoms with van der Waals surface area (Å²) in [7, 11) is 0. The lowest BCUT2D eigenvalue weighted by molar-refractivity contribution is 0.483. The number of rotatable bonds is 6. The first-order chi connectivity index (χ1) is 29.8. The summed E-state index contributed by atoms with van der Waals surface area (Å²) in [5, 5.41) is 8.41. The molecule has 0 aliphatic carbocycles. The number of benzene rings is 8. The summed E-state index contributed by atoms with van der Waals surface area (Å²) >= 11 is 0. The highest BCUT2D eigenvalue weighted by atomic mass is 16.5. The van der Waals surface area contributed by atoms with Crippen molar-refractivity contribution in [3.8, 4) is 51.0 Å². The van der Waals surface area contributed by atoms with Crippen molar-refractivity contribution in [1.29, 1.82) is 0 Å². The molecule has 0 radical (unpaired) electrons. The number of aromatic nitrogens is 3. The quantitative estimate of drug-likeness (QED) is 0.124. The van der Waals surface area contributed by atoms with Crippen molar-refractivity contribution in [2.45, 2.75) is 26.2 Å². The van der Waals surface area contributed by atoms with Gasteiger partial charge in [0, 0.05) is 34.9 Å². The van der Waals surface area contributed by atoms with Crippen molar-refractivity contribution in [2.75, 3.05) is 0 Å². The van der Waals surface area contributed by atoms with Crippen LogP contribution in [0.25, 0.3) is 98.6 Å². The molecule has 0 aliphatic heterocycles. The summed E-state index contributed by atoms with van der Waals surface area (Å²) in [6, 6.07) is 54.1. The maximum absolute atomic E-state index is 7.72. The third-order valence-corrected chi connectivity index (χ3v) is 11.7. The Morgan fingerprint density at radius 2 is 1.31 bits per heavy atom. The summed E-state index contributed by atoms with van der Waals surface area (Å²) in [4.78, 5) is 13.4. The molecule has 6 nitrogen and oxygen atoms in total. The molecule has 6 heteroatoms. The summed E-state index contributed by atoms with van der Waals surface area (Å²) in [5.74, 6) is 2.09. The van der Waals surface area contributed by atoms with Gasteiger partial charge < -0.3 is 9.15 Å². The van der Waals surface area contributed by atoms with E-state index in [-0.39, 0.29) is 5.41 Å². The Hall–Kier alpha value is -8.01. The molecule has 290 valence electrons. The Kier molecular flexibility index (Phi) is 8.33. The molecule has 0 fully saturated rings. The highest BCUT2D eigenvalue weighted by Gasteiger charge is 2.25. The molecule has 0 spiro atoms. The van der Waals surface area contributed by atoms with Crippen LogP contribution in [0.2, 0.25) is 0 Å². The number of pyridine rings is 1. The van der Waals surface area contributed by atoms with E-state index >= 15 is 0 Å². The minimum atomic E-state index is -0.179. The molecular weight excluding hydrogens is 749 g/mol. The van der Waals surface area contributed by atoms with Crippen molar-refractivity contribution in [2.24, 2.45) is 0 Å². The zero-order chi connectivity index (χ0) is 41.2. The van der Waals surface area contributed by atoms with Crippen molar-refractivity contribution in [3.63, 3.8) is 0 Å². The van der Waals surface area contributed by atoms with Gasteiger partial charge in [0.1, 0.15) is 28.5 Å². The first kappa shape index (κ1) is 36.1. The van der Waals surface area contributed by atoms with E-state index in [0.29, 0.717) is 17.2 Å². The molecule has 0 aliphatic rings. The Labute approximate surface area is 352 Å². The van der Waals surface area contributed by atoms with Crippen LogP contribution in [0, 0.1) is 6.57 Å². The third kappa shape index (κ3) is 6.18. The zero-order valence-electron chi connectivity index (χ0n) is 33.8. The second-order valence-corrected chi connectivity index (χ2v) is 16.5. The largest absolute Gasteiger partial charge is 0.457 e. The lowest BCUT2D eigenvalue weighted by Gasteiger charge is -2.25. The van der Waals surface area contributed by atoms with Gasteiger partial charge in [-0.1, -0.05) is 112 Å². The van der Waals surface area contributed by atoms with E-state index in [1.54, 1.807) is 6.20 Å². The first-order valence-electron chi connectivity index (χ1n) is 20.4. The van der Waals surface area contributed by atoms with Crippen LogP contribution >= 0.6 is 0 Å². The second-order valence-electron chi connectivity index (χ2n) is 16.5. The highest BCUT2D eigenvalue weighted by Crippen LogP contribution is 2.45. The van der Waals surface area contributed by atoms with E-state index in [4.69, 9.17) is 20.7 Å². The van der Waals surface area contributed by atoms with Gasteiger partial charge >= 0.3 is 0 Å². The van der Waals surface area contributed by atoms with Crippen LogP contribution in [-0.2, 0) is 5.41 Å². The van der Waals surface area contributed by atoms with Crippen LogP contribution in [-0.4, -0.2) is 14.5 Å². The van der Waals surface area contributed by atoms with Gasteiger partial charge in [-0.05, 0) is 121 Å². The predicted molar refractivity (Wildman–Crippen MR) is 249 cm³/mol. The highest BCUT2D eigenvalue weighted by molar-refractivity contribution is 6.29. The second kappa shape index (κ2) is 14.1. The Bertz CT molecular complexity index is 3550. The third-order valence-electron chi connectivity index (χ3n) is 11.7. The SMILES string of the molecule is [C-]#[N+]c1ccc2c(c1)c1ccccc1c1cc3c(cc21)oc1c(-c2nccn2-c2ccc(-c4ccccc4)cc2C(C)(C)C)cc(Oc2cccc(-c4ccccn4)c2)cc13. The van der Waals surface area contributed by atoms with Gasteiger partial charge in [0.25, 0.3) is 0 Å². The number of hydrogen-bond donors (Lipinski definition) is 0. The molecule has 0 N–H and O–H groups in total. The molecule has 0 atom stereocenters. The minimum absolute atomic E-state index is 0.179. The molecular formula is C55H38N4O2. The lowest BCUT2D eigenvalue weighted by Crippen LogP contribution is -2.15. The molecule has 0 unspecified atom stereocenters. The van der Waals surface area contributed by atoms with Crippen molar-refractivity contribution in [1.82, 2.24) is 14.5 Å². The van der Waals surface area contributed by atoms with Gasteiger partial charge in [-0.25, -0.2) is 9.83 Å². The van der Waals surface area contributed by atoms with Crippen molar-refractivity contribution in [3.05, 3.63) is 193 Å². The molecule has 0 amide bonds. The van der Waals surface area contributed by atoms with E-state index in [2.05, 4.69) is 126 Å². The van der Waals surface area contributed by atoms with Crippen LogP contribution in [0.3, 0.4) is 0 Å².